The first-order valence-electron chi connectivity index (χ1n) is 8.00. The van der Waals surface area contributed by atoms with Gasteiger partial charge in [0.15, 0.2) is 0 Å². The highest BCUT2D eigenvalue weighted by atomic mass is 35.5. The SMILES string of the molecule is OC(CNCC(C1CC1)C1CC1)COc1ccccc1Cl. The van der Waals surface area contributed by atoms with E-state index in [0.717, 1.165) is 24.3 Å². The van der Waals surface area contributed by atoms with Crippen molar-refractivity contribution in [1.82, 2.24) is 5.32 Å². The Balaban J connectivity index is 1.34. The maximum absolute atomic E-state index is 9.99. The molecule has 21 heavy (non-hydrogen) atoms. The molecular weight excluding hydrogens is 286 g/mol. The minimum absolute atomic E-state index is 0.272. The number of hydrogen-bond acceptors (Lipinski definition) is 3. The van der Waals surface area contributed by atoms with Gasteiger partial charge in [0.05, 0.1) is 5.02 Å². The first-order chi connectivity index (χ1) is 10.2. The predicted molar refractivity (Wildman–Crippen MR) is 84.8 cm³/mol. The minimum Gasteiger partial charge on any atom is -0.489 e. The molecule has 0 radical (unpaired) electrons. The Morgan fingerprint density at radius 2 is 1.81 bits per heavy atom. The van der Waals surface area contributed by atoms with Crippen LogP contribution in [0, 0.1) is 17.8 Å². The monoisotopic (exact) mass is 309 g/mol. The lowest BCUT2D eigenvalue weighted by atomic mass is 9.98. The van der Waals surface area contributed by atoms with E-state index in [2.05, 4.69) is 5.32 Å². The summed E-state index contributed by atoms with van der Waals surface area (Å²) in [5.41, 5.74) is 0. The zero-order valence-electron chi connectivity index (χ0n) is 12.3. The number of aliphatic hydroxyl groups is 1. The van der Waals surface area contributed by atoms with Crippen molar-refractivity contribution < 1.29 is 9.84 Å². The number of rotatable bonds is 9. The van der Waals surface area contributed by atoms with Gasteiger partial charge in [-0.15, -0.1) is 0 Å². The van der Waals surface area contributed by atoms with E-state index in [-0.39, 0.29) is 6.61 Å². The fourth-order valence-corrected chi connectivity index (χ4v) is 3.18. The van der Waals surface area contributed by atoms with Gasteiger partial charge in [0.25, 0.3) is 0 Å². The maximum Gasteiger partial charge on any atom is 0.138 e. The summed E-state index contributed by atoms with van der Waals surface area (Å²) in [5, 5.41) is 14.0. The van der Waals surface area contributed by atoms with Gasteiger partial charge < -0.3 is 15.2 Å². The van der Waals surface area contributed by atoms with Crippen molar-refractivity contribution in [2.75, 3.05) is 19.7 Å². The third-order valence-electron chi connectivity index (χ3n) is 4.48. The molecule has 2 aliphatic rings. The van der Waals surface area contributed by atoms with Crippen molar-refractivity contribution in [1.29, 1.82) is 0 Å². The van der Waals surface area contributed by atoms with E-state index in [1.54, 1.807) is 6.07 Å². The van der Waals surface area contributed by atoms with E-state index in [4.69, 9.17) is 16.3 Å². The molecule has 2 saturated carbocycles. The Bertz CT molecular complexity index is 448. The molecule has 116 valence electrons. The predicted octanol–water partition coefficient (Wildman–Crippen LogP) is 3.11. The molecule has 0 aliphatic heterocycles. The first-order valence-corrected chi connectivity index (χ1v) is 8.38. The highest BCUT2D eigenvalue weighted by Crippen LogP contribution is 2.48. The van der Waals surface area contributed by atoms with E-state index in [1.807, 2.05) is 18.2 Å². The van der Waals surface area contributed by atoms with Crippen molar-refractivity contribution in [3.8, 4) is 5.75 Å². The molecule has 0 saturated heterocycles. The number of para-hydroxylation sites is 1. The van der Waals surface area contributed by atoms with Gasteiger partial charge in [-0.1, -0.05) is 23.7 Å². The summed E-state index contributed by atoms with van der Waals surface area (Å²) in [4.78, 5) is 0. The molecule has 0 amide bonds. The topological polar surface area (TPSA) is 41.5 Å². The molecular formula is C17H24ClNO2. The summed E-state index contributed by atoms with van der Waals surface area (Å²) in [7, 11) is 0. The summed E-state index contributed by atoms with van der Waals surface area (Å²) >= 11 is 6.01. The highest BCUT2D eigenvalue weighted by Gasteiger charge is 2.40. The molecule has 1 aromatic carbocycles. The Hall–Kier alpha value is -0.770. The highest BCUT2D eigenvalue weighted by molar-refractivity contribution is 6.32. The average Bonchev–Trinajstić information content (AvgIpc) is 3.36. The molecule has 2 N–H and O–H groups in total. The quantitative estimate of drug-likeness (QED) is 0.736. The number of nitrogens with one attached hydrogen (secondary N) is 1. The summed E-state index contributed by atoms with van der Waals surface area (Å²) in [6.07, 6.45) is 5.12. The second-order valence-electron chi connectivity index (χ2n) is 6.39. The van der Waals surface area contributed by atoms with Crippen LogP contribution in [0.25, 0.3) is 0 Å². The van der Waals surface area contributed by atoms with Crippen molar-refractivity contribution in [3.05, 3.63) is 29.3 Å². The van der Waals surface area contributed by atoms with Gasteiger partial charge in [0.2, 0.25) is 0 Å². The van der Waals surface area contributed by atoms with Gasteiger partial charge in [0, 0.05) is 6.54 Å². The Labute approximate surface area is 131 Å². The van der Waals surface area contributed by atoms with Gasteiger partial charge in [-0.3, -0.25) is 0 Å². The van der Waals surface area contributed by atoms with Crippen LogP contribution in [0.1, 0.15) is 25.7 Å². The lowest BCUT2D eigenvalue weighted by Gasteiger charge is -2.18. The van der Waals surface area contributed by atoms with Crippen LogP contribution in [0.2, 0.25) is 5.02 Å². The van der Waals surface area contributed by atoms with Gasteiger partial charge in [0.1, 0.15) is 18.5 Å². The standard InChI is InChI=1S/C17H24ClNO2/c18-16-3-1-2-4-17(16)21-11-14(20)9-19-10-15(12-5-6-12)13-7-8-13/h1-4,12-15,19-20H,5-11H2. The van der Waals surface area contributed by atoms with E-state index in [1.165, 1.54) is 25.7 Å². The van der Waals surface area contributed by atoms with Crippen molar-refractivity contribution in [3.63, 3.8) is 0 Å². The fraction of sp³-hybridized carbons (Fsp3) is 0.647. The summed E-state index contributed by atoms with van der Waals surface area (Å²) < 4.78 is 5.55. The average molecular weight is 310 g/mol. The molecule has 2 fully saturated rings. The number of benzene rings is 1. The van der Waals surface area contributed by atoms with Crippen LogP contribution in [-0.2, 0) is 0 Å². The Morgan fingerprint density at radius 3 is 2.43 bits per heavy atom. The maximum atomic E-state index is 9.99. The van der Waals surface area contributed by atoms with Gasteiger partial charge in [-0.25, -0.2) is 0 Å². The molecule has 2 aliphatic carbocycles. The number of halogens is 1. The van der Waals surface area contributed by atoms with E-state index in [0.29, 0.717) is 17.3 Å². The van der Waals surface area contributed by atoms with E-state index < -0.39 is 6.10 Å². The summed E-state index contributed by atoms with van der Waals surface area (Å²) in [6, 6.07) is 7.35. The van der Waals surface area contributed by atoms with Gasteiger partial charge >= 0.3 is 0 Å². The van der Waals surface area contributed by atoms with Crippen LogP contribution in [0.4, 0.5) is 0 Å². The van der Waals surface area contributed by atoms with Crippen LogP contribution in [-0.4, -0.2) is 30.9 Å². The molecule has 3 rings (SSSR count). The van der Waals surface area contributed by atoms with Crippen LogP contribution < -0.4 is 10.1 Å². The van der Waals surface area contributed by atoms with E-state index in [9.17, 15) is 5.11 Å². The Morgan fingerprint density at radius 1 is 1.14 bits per heavy atom. The third-order valence-corrected chi connectivity index (χ3v) is 4.80. The van der Waals surface area contributed by atoms with Crippen molar-refractivity contribution in [2.45, 2.75) is 31.8 Å². The second kappa shape index (κ2) is 6.99. The number of aliphatic hydroxyl groups excluding tert-OH is 1. The van der Waals surface area contributed by atoms with Crippen LogP contribution >= 0.6 is 11.6 Å². The third kappa shape index (κ3) is 4.60. The molecule has 0 spiro atoms. The smallest absolute Gasteiger partial charge is 0.138 e. The summed E-state index contributed by atoms with van der Waals surface area (Å²) in [6.45, 7) is 1.90. The summed E-state index contributed by atoms with van der Waals surface area (Å²) in [5.74, 6) is 3.36. The number of ether oxygens (including phenoxy) is 1. The molecule has 3 nitrogen and oxygen atoms in total. The van der Waals surface area contributed by atoms with Gasteiger partial charge in [-0.05, 0) is 62.1 Å². The molecule has 1 atom stereocenters. The fourth-order valence-electron chi connectivity index (χ4n) is 2.99. The molecule has 0 aromatic heterocycles. The largest absolute Gasteiger partial charge is 0.489 e. The van der Waals surface area contributed by atoms with Crippen molar-refractivity contribution >= 4 is 11.6 Å². The molecule has 4 heteroatoms. The number of hydrogen-bond donors (Lipinski definition) is 2. The molecule has 0 heterocycles. The molecule has 0 bridgehead atoms. The lowest BCUT2D eigenvalue weighted by molar-refractivity contribution is 0.105. The van der Waals surface area contributed by atoms with E-state index >= 15 is 0 Å². The lowest BCUT2D eigenvalue weighted by Crippen LogP contribution is -2.35. The zero-order chi connectivity index (χ0) is 14.7. The van der Waals surface area contributed by atoms with Crippen molar-refractivity contribution in [2.24, 2.45) is 17.8 Å². The normalized spacial score (nSPS) is 19.8. The minimum atomic E-state index is -0.500. The molecule has 1 unspecified atom stereocenters. The van der Waals surface area contributed by atoms with Crippen LogP contribution in [0.3, 0.4) is 0 Å². The van der Waals surface area contributed by atoms with Gasteiger partial charge in [-0.2, -0.15) is 0 Å². The second-order valence-corrected chi connectivity index (χ2v) is 6.80. The molecule has 1 aromatic rings. The van der Waals surface area contributed by atoms with Crippen LogP contribution in [0.5, 0.6) is 5.75 Å². The van der Waals surface area contributed by atoms with Crippen LogP contribution in [0.15, 0.2) is 24.3 Å². The zero-order valence-corrected chi connectivity index (χ0v) is 13.1. The Kier molecular flexibility index (Phi) is 5.04. The first kappa shape index (κ1) is 15.1.